The average molecular weight is 301 g/mol. The molecule has 1 heterocycles. The number of ketones is 1. The molecule has 21 heavy (non-hydrogen) atoms. The van der Waals surface area contributed by atoms with Crippen LogP contribution in [0.15, 0.2) is 36.4 Å². The van der Waals surface area contributed by atoms with E-state index in [1.54, 1.807) is 11.3 Å². The molecule has 2 aromatic rings. The Labute approximate surface area is 129 Å². The molecule has 0 spiro atoms. The summed E-state index contributed by atoms with van der Waals surface area (Å²) >= 11 is 1.62. The third-order valence-electron chi connectivity index (χ3n) is 3.25. The summed E-state index contributed by atoms with van der Waals surface area (Å²) in [5.74, 6) is -0.0384. The van der Waals surface area contributed by atoms with E-state index in [4.69, 9.17) is 0 Å². The van der Waals surface area contributed by atoms with Gasteiger partial charge in [-0.05, 0) is 25.5 Å². The lowest BCUT2D eigenvalue weighted by Gasteiger charge is -2.05. The van der Waals surface area contributed by atoms with E-state index in [0.29, 0.717) is 6.54 Å². The molecule has 0 radical (unpaired) electrons. The van der Waals surface area contributed by atoms with E-state index in [0.717, 1.165) is 20.9 Å². The lowest BCUT2D eigenvalue weighted by Crippen LogP contribution is -2.23. The molecule has 4 heteroatoms. The lowest BCUT2D eigenvalue weighted by atomic mass is 10.1. The first-order valence-corrected chi connectivity index (χ1v) is 7.79. The smallest absolute Gasteiger partial charge is 0.220 e. The van der Waals surface area contributed by atoms with Crippen molar-refractivity contribution in [3.63, 3.8) is 0 Å². The van der Waals surface area contributed by atoms with Crippen molar-refractivity contribution in [3.05, 3.63) is 57.3 Å². The molecule has 1 N–H and O–H groups in total. The van der Waals surface area contributed by atoms with Crippen LogP contribution in [0.25, 0.3) is 0 Å². The van der Waals surface area contributed by atoms with Gasteiger partial charge in [0.15, 0.2) is 5.78 Å². The van der Waals surface area contributed by atoms with Crippen molar-refractivity contribution < 1.29 is 9.59 Å². The fourth-order valence-corrected chi connectivity index (χ4v) is 3.10. The van der Waals surface area contributed by atoms with E-state index in [9.17, 15) is 9.59 Å². The molecule has 0 fully saturated rings. The molecule has 1 amide bonds. The van der Waals surface area contributed by atoms with Crippen molar-refractivity contribution in [3.8, 4) is 0 Å². The van der Waals surface area contributed by atoms with Crippen molar-refractivity contribution in [1.29, 1.82) is 0 Å². The summed E-state index contributed by atoms with van der Waals surface area (Å²) in [6.07, 6.45) is 0.498. The number of nitrogens with one attached hydrogen (secondary N) is 1. The highest BCUT2D eigenvalue weighted by molar-refractivity contribution is 7.12. The maximum atomic E-state index is 12.1. The fourth-order valence-electron chi connectivity index (χ4n) is 2.15. The quantitative estimate of drug-likeness (QED) is 0.828. The largest absolute Gasteiger partial charge is 0.352 e. The maximum absolute atomic E-state index is 12.1. The molecule has 0 saturated carbocycles. The molecule has 3 nitrogen and oxygen atoms in total. The Bertz CT molecular complexity index is 631. The van der Waals surface area contributed by atoms with Gasteiger partial charge >= 0.3 is 0 Å². The Morgan fingerprint density at radius 1 is 1.10 bits per heavy atom. The highest BCUT2D eigenvalue weighted by atomic mass is 32.1. The number of carbonyl (C=O) groups is 2. The Morgan fingerprint density at radius 2 is 1.81 bits per heavy atom. The number of Topliss-reactive ketones (excluding diaryl/α,β-unsaturated/α-hetero) is 1. The molecular formula is C17H19NO2S. The highest BCUT2D eigenvalue weighted by Crippen LogP contribution is 2.22. The highest BCUT2D eigenvalue weighted by Gasteiger charge is 2.13. The third kappa shape index (κ3) is 4.53. The van der Waals surface area contributed by atoms with Gasteiger partial charge < -0.3 is 5.32 Å². The first-order chi connectivity index (χ1) is 10.1. The topological polar surface area (TPSA) is 46.2 Å². The summed E-state index contributed by atoms with van der Waals surface area (Å²) in [4.78, 5) is 26.0. The van der Waals surface area contributed by atoms with Crippen LogP contribution in [0.3, 0.4) is 0 Å². The number of amides is 1. The minimum atomic E-state index is -0.0863. The number of carbonyl (C=O) groups excluding carboxylic acids is 2. The zero-order chi connectivity index (χ0) is 15.2. The molecule has 0 bridgehead atoms. The van der Waals surface area contributed by atoms with Gasteiger partial charge in [0, 0.05) is 34.7 Å². The number of aryl methyl sites for hydroxylation is 2. The van der Waals surface area contributed by atoms with Gasteiger partial charge in [-0.3, -0.25) is 9.59 Å². The van der Waals surface area contributed by atoms with Crippen molar-refractivity contribution in [2.45, 2.75) is 33.2 Å². The van der Waals surface area contributed by atoms with Crippen LogP contribution in [-0.2, 0) is 11.3 Å². The summed E-state index contributed by atoms with van der Waals surface area (Å²) in [5.41, 5.74) is 1.81. The summed E-state index contributed by atoms with van der Waals surface area (Å²) in [5, 5.41) is 2.84. The fraction of sp³-hybridized carbons (Fsp3) is 0.294. The van der Waals surface area contributed by atoms with Gasteiger partial charge in [-0.2, -0.15) is 0 Å². The Balaban J connectivity index is 1.79. The molecule has 1 aromatic carbocycles. The van der Waals surface area contributed by atoms with Gasteiger partial charge in [0.1, 0.15) is 0 Å². The van der Waals surface area contributed by atoms with E-state index in [2.05, 4.69) is 5.32 Å². The van der Waals surface area contributed by atoms with Crippen LogP contribution in [0.4, 0.5) is 0 Å². The number of benzene rings is 1. The van der Waals surface area contributed by atoms with Gasteiger partial charge in [0.05, 0.1) is 0 Å². The third-order valence-corrected chi connectivity index (χ3v) is 4.22. The maximum Gasteiger partial charge on any atom is 0.220 e. The van der Waals surface area contributed by atoms with E-state index < -0.39 is 0 Å². The van der Waals surface area contributed by atoms with Gasteiger partial charge in [0.25, 0.3) is 0 Å². The van der Waals surface area contributed by atoms with E-state index in [-0.39, 0.29) is 24.5 Å². The van der Waals surface area contributed by atoms with Crippen LogP contribution in [0.2, 0.25) is 0 Å². The molecule has 0 aliphatic heterocycles. The van der Waals surface area contributed by atoms with Gasteiger partial charge in [-0.1, -0.05) is 30.3 Å². The van der Waals surface area contributed by atoms with E-state index in [1.807, 2.05) is 50.2 Å². The minimum Gasteiger partial charge on any atom is -0.352 e. The minimum absolute atomic E-state index is 0.0479. The molecule has 110 valence electrons. The predicted molar refractivity (Wildman–Crippen MR) is 85.6 cm³/mol. The first kappa shape index (κ1) is 15.4. The number of hydrogen-bond donors (Lipinski definition) is 1. The molecule has 0 unspecified atom stereocenters. The Hall–Kier alpha value is -1.94. The lowest BCUT2D eigenvalue weighted by molar-refractivity contribution is -0.121. The second kappa shape index (κ2) is 7.18. The normalized spacial score (nSPS) is 10.4. The van der Waals surface area contributed by atoms with Crippen LogP contribution in [0, 0.1) is 13.8 Å². The number of thiophene rings is 1. The zero-order valence-electron chi connectivity index (χ0n) is 12.3. The Morgan fingerprint density at radius 3 is 2.43 bits per heavy atom. The van der Waals surface area contributed by atoms with Gasteiger partial charge in [-0.25, -0.2) is 0 Å². The molecular weight excluding hydrogens is 282 g/mol. The molecule has 2 rings (SSSR count). The zero-order valence-corrected chi connectivity index (χ0v) is 13.1. The molecule has 1 aromatic heterocycles. The number of rotatable bonds is 6. The Kier molecular flexibility index (Phi) is 5.28. The summed E-state index contributed by atoms with van der Waals surface area (Å²) in [7, 11) is 0. The van der Waals surface area contributed by atoms with Crippen LogP contribution < -0.4 is 5.32 Å². The predicted octanol–water partition coefficient (Wildman–Crippen LogP) is 3.64. The van der Waals surface area contributed by atoms with Crippen molar-refractivity contribution in [2.24, 2.45) is 0 Å². The summed E-state index contributed by atoms with van der Waals surface area (Å²) in [6, 6.07) is 11.6. The molecule has 0 aliphatic rings. The monoisotopic (exact) mass is 301 g/mol. The SMILES string of the molecule is Cc1cc(C(=O)CCC(=O)NCc2ccccc2)c(C)s1. The van der Waals surface area contributed by atoms with Gasteiger partial charge in [0.2, 0.25) is 5.91 Å². The summed E-state index contributed by atoms with van der Waals surface area (Å²) in [6.45, 7) is 4.44. The van der Waals surface area contributed by atoms with Crippen LogP contribution >= 0.6 is 11.3 Å². The first-order valence-electron chi connectivity index (χ1n) is 6.97. The molecule has 0 atom stereocenters. The number of hydrogen-bond acceptors (Lipinski definition) is 3. The summed E-state index contributed by atoms with van der Waals surface area (Å²) < 4.78 is 0. The molecule has 0 saturated heterocycles. The van der Waals surface area contributed by atoms with Crippen molar-refractivity contribution in [1.82, 2.24) is 5.32 Å². The average Bonchev–Trinajstić information content (AvgIpc) is 2.82. The van der Waals surface area contributed by atoms with Crippen LogP contribution in [0.5, 0.6) is 0 Å². The van der Waals surface area contributed by atoms with Crippen LogP contribution in [-0.4, -0.2) is 11.7 Å². The van der Waals surface area contributed by atoms with Crippen molar-refractivity contribution in [2.75, 3.05) is 0 Å². The van der Waals surface area contributed by atoms with Crippen LogP contribution in [0.1, 0.15) is 38.5 Å². The molecule has 0 aliphatic carbocycles. The van der Waals surface area contributed by atoms with E-state index in [1.165, 1.54) is 0 Å². The van der Waals surface area contributed by atoms with Gasteiger partial charge in [-0.15, -0.1) is 11.3 Å². The second-order valence-electron chi connectivity index (χ2n) is 5.01. The van der Waals surface area contributed by atoms with Crippen molar-refractivity contribution >= 4 is 23.0 Å². The van der Waals surface area contributed by atoms with E-state index >= 15 is 0 Å². The second-order valence-corrected chi connectivity index (χ2v) is 6.47. The standard InChI is InChI=1S/C17H19NO2S/c1-12-10-15(13(2)21-12)16(19)8-9-17(20)18-11-14-6-4-3-5-7-14/h3-7,10H,8-9,11H2,1-2H3,(H,18,20).